The van der Waals surface area contributed by atoms with Crippen LogP contribution in [0.2, 0.25) is 0 Å². The van der Waals surface area contributed by atoms with Crippen molar-refractivity contribution in [2.24, 2.45) is 10.9 Å². The number of rotatable bonds is 1. The average Bonchev–Trinajstić information content (AvgIpc) is 2.26. The van der Waals surface area contributed by atoms with Crippen LogP contribution in [0.5, 0.6) is 0 Å². The van der Waals surface area contributed by atoms with E-state index in [9.17, 15) is 0 Å². The molecule has 1 aliphatic carbocycles. The Morgan fingerprint density at radius 2 is 2.42 bits per heavy atom. The van der Waals surface area contributed by atoms with Gasteiger partial charge in [-0.05, 0) is 25.5 Å². The Kier molecular flexibility index (Phi) is 3.23. The zero-order valence-electron chi connectivity index (χ0n) is 7.62. The van der Waals surface area contributed by atoms with Crippen molar-refractivity contribution in [2.45, 2.75) is 13.3 Å². The minimum atomic E-state index is 0.221. The molecule has 1 atom stereocenters. The van der Waals surface area contributed by atoms with Gasteiger partial charge in [0.1, 0.15) is 0 Å². The Labute approximate surface area is 73.3 Å². The zero-order valence-corrected chi connectivity index (χ0v) is 7.62. The molecule has 1 unspecified atom stereocenters. The lowest BCUT2D eigenvalue weighted by Crippen LogP contribution is -2.01. The molecule has 0 amide bonds. The number of aliphatic hydroxyl groups excluding tert-OH is 1. The van der Waals surface area contributed by atoms with E-state index in [-0.39, 0.29) is 12.5 Å². The SMILES string of the molecule is CN=C1C=CC(CO)CC(C)=C1. The second-order valence-electron chi connectivity index (χ2n) is 3.15. The summed E-state index contributed by atoms with van der Waals surface area (Å²) in [5, 5.41) is 8.97. The summed E-state index contributed by atoms with van der Waals surface area (Å²) in [6, 6.07) is 0. The van der Waals surface area contributed by atoms with Crippen molar-refractivity contribution in [3.63, 3.8) is 0 Å². The number of aliphatic hydroxyl groups is 1. The van der Waals surface area contributed by atoms with E-state index in [4.69, 9.17) is 5.11 Å². The molecule has 0 aromatic rings. The summed E-state index contributed by atoms with van der Waals surface area (Å²) in [7, 11) is 1.78. The third kappa shape index (κ3) is 2.31. The Balaban J connectivity index is 2.82. The average molecular weight is 165 g/mol. The number of nitrogens with zero attached hydrogens (tertiary/aromatic N) is 1. The highest BCUT2D eigenvalue weighted by molar-refractivity contribution is 6.04. The molecule has 1 aliphatic rings. The van der Waals surface area contributed by atoms with Gasteiger partial charge < -0.3 is 5.11 Å². The maximum absolute atomic E-state index is 8.97. The van der Waals surface area contributed by atoms with Crippen molar-refractivity contribution in [1.29, 1.82) is 0 Å². The summed E-state index contributed by atoms with van der Waals surface area (Å²) in [4.78, 5) is 4.10. The molecule has 2 heteroatoms. The van der Waals surface area contributed by atoms with Crippen LogP contribution in [0.15, 0.2) is 28.8 Å². The van der Waals surface area contributed by atoms with E-state index in [0.717, 1.165) is 12.1 Å². The summed E-state index contributed by atoms with van der Waals surface area (Å²) in [6.07, 6.45) is 6.99. The lowest BCUT2D eigenvalue weighted by atomic mass is 10.0. The summed E-state index contributed by atoms with van der Waals surface area (Å²) in [6.45, 7) is 2.29. The predicted molar refractivity (Wildman–Crippen MR) is 51.4 cm³/mol. The first kappa shape index (κ1) is 9.20. The van der Waals surface area contributed by atoms with Gasteiger partial charge in [0.2, 0.25) is 0 Å². The summed E-state index contributed by atoms with van der Waals surface area (Å²) in [5.41, 5.74) is 2.27. The predicted octanol–water partition coefficient (Wildman–Crippen LogP) is 1.57. The standard InChI is InChI=1S/C10H15NO/c1-8-5-9(7-12)3-4-10(6-8)11-2/h3-4,6,9,12H,5,7H2,1-2H3. The molecule has 0 saturated heterocycles. The Bertz CT molecular complexity index is 238. The van der Waals surface area contributed by atoms with Gasteiger partial charge in [-0.1, -0.05) is 11.6 Å². The maximum Gasteiger partial charge on any atom is 0.0567 e. The topological polar surface area (TPSA) is 32.6 Å². The van der Waals surface area contributed by atoms with Gasteiger partial charge in [-0.15, -0.1) is 0 Å². The van der Waals surface area contributed by atoms with Crippen LogP contribution in [0.1, 0.15) is 13.3 Å². The fraction of sp³-hybridized carbons (Fsp3) is 0.500. The Hall–Kier alpha value is -0.890. The number of hydrogen-bond acceptors (Lipinski definition) is 2. The first-order valence-corrected chi connectivity index (χ1v) is 4.19. The van der Waals surface area contributed by atoms with E-state index in [1.54, 1.807) is 7.05 Å². The highest BCUT2D eigenvalue weighted by atomic mass is 16.3. The van der Waals surface area contributed by atoms with Crippen molar-refractivity contribution in [3.8, 4) is 0 Å². The first-order chi connectivity index (χ1) is 5.76. The van der Waals surface area contributed by atoms with Crippen LogP contribution in [0.25, 0.3) is 0 Å². The van der Waals surface area contributed by atoms with Crippen molar-refractivity contribution < 1.29 is 5.11 Å². The molecule has 0 aromatic carbocycles. The normalized spacial score (nSPS) is 27.1. The van der Waals surface area contributed by atoms with E-state index in [0.29, 0.717) is 0 Å². The van der Waals surface area contributed by atoms with Crippen molar-refractivity contribution in [1.82, 2.24) is 0 Å². The molecule has 0 aromatic heterocycles. The highest BCUT2D eigenvalue weighted by Crippen LogP contribution is 2.15. The molecule has 0 bridgehead atoms. The fourth-order valence-electron chi connectivity index (χ4n) is 1.34. The lowest BCUT2D eigenvalue weighted by Gasteiger charge is -2.05. The molecule has 0 aliphatic heterocycles. The molecule has 1 rings (SSSR count). The van der Waals surface area contributed by atoms with Gasteiger partial charge in [-0.2, -0.15) is 0 Å². The molecule has 1 N–H and O–H groups in total. The van der Waals surface area contributed by atoms with E-state index in [1.807, 2.05) is 12.2 Å². The van der Waals surface area contributed by atoms with E-state index in [2.05, 4.69) is 18.0 Å². The molecule has 0 spiro atoms. The smallest absolute Gasteiger partial charge is 0.0567 e. The van der Waals surface area contributed by atoms with E-state index >= 15 is 0 Å². The quantitative estimate of drug-likeness (QED) is 0.628. The molecular weight excluding hydrogens is 150 g/mol. The Morgan fingerprint density at radius 3 is 3.00 bits per heavy atom. The second kappa shape index (κ2) is 4.21. The van der Waals surface area contributed by atoms with E-state index in [1.165, 1.54) is 5.57 Å². The summed E-state index contributed by atoms with van der Waals surface area (Å²) < 4.78 is 0. The zero-order chi connectivity index (χ0) is 8.97. The van der Waals surface area contributed by atoms with Gasteiger partial charge >= 0.3 is 0 Å². The van der Waals surface area contributed by atoms with Crippen LogP contribution in [-0.2, 0) is 0 Å². The molecule has 0 saturated carbocycles. The van der Waals surface area contributed by atoms with Crippen molar-refractivity contribution in [3.05, 3.63) is 23.8 Å². The number of allylic oxidation sites excluding steroid dienone is 3. The minimum Gasteiger partial charge on any atom is -0.396 e. The van der Waals surface area contributed by atoms with Gasteiger partial charge in [0.25, 0.3) is 0 Å². The van der Waals surface area contributed by atoms with Gasteiger partial charge in [-0.3, -0.25) is 4.99 Å². The second-order valence-corrected chi connectivity index (χ2v) is 3.15. The van der Waals surface area contributed by atoms with Gasteiger partial charge in [0.05, 0.1) is 5.71 Å². The van der Waals surface area contributed by atoms with Crippen LogP contribution in [0, 0.1) is 5.92 Å². The third-order valence-electron chi connectivity index (χ3n) is 2.01. The molecule has 0 radical (unpaired) electrons. The number of hydrogen-bond donors (Lipinski definition) is 1. The summed E-state index contributed by atoms with van der Waals surface area (Å²) >= 11 is 0. The van der Waals surface area contributed by atoms with Crippen molar-refractivity contribution in [2.75, 3.05) is 13.7 Å². The van der Waals surface area contributed by atoms with Crippen LogP contribution >= 0.6 is 0 Å². The first-order valence-electron chi connectivity index (χ1n) is 4.19. The van der Waals surface area contributed by atoms with Gasteiger partial charge in [-0.25, -0.2) is 0 Å². The Morgan fingerprint density at radius 1 is 1.67 bits per heavy atom. The van der Waals surface area contributed by atoms with Gasteiger partial charge in [0, 0.05) is 19.6 Å². The van der Waals surface area contributed by atoms with Crippen LogP contribution in [-0.4, -0.2) is 24.5 Å². The monoisotopic (exact) mass is 165 g/mol. The number of aliphatic imine (C=N–C) groups is 1. The third-order valence-corrected chi connectivity index (χ3v) is 2.01. The molecule has 2 nitrogen and oxygen atoms in total. The summed E-state index contributed by atoms with van der Waals surface area (Å²) in [5.74, 6) is 0.264. The molecular formula is C10H15NO. The lowest BCUT2D eigenvalue weighted by molar-refractivity contribution is 0.252. The minimum absolute atomic E-state index is 0.221. The van der Waals surface area contributed by atoms with Crippen LogP contribution in [0.4, 0.5) is 0 Å². The van der Waals surface area contributed by atoms with Crippen molar-refractivity contribution >= 4 is 5.71 Å². The fourth-order valence-corrected chi connectivity index (χ4v) is 1.34. The van der Waals surface area contributed by atoms with Crippen LogP contribution < -0.4 is 0 Å². The highest BCUT2D eigenvalue weighted by Gasteiger charge is 2.07. The maximum atomic E-state index is 8.97. The molecule has 0 fully saturated rings. The van der Waals surface area contributed by atoms with E-state index < -0.39 is 0 Å². The van der Waals surface area contributed by atoms with Gasteiger partial charge in [0.15, 0.2) is 0 Å². The molecule has 0 heterocycles. The van der Waals surface area contributed by atoms with Crippen LogP contribution in [0.3, 0.4) is 0 Å². The largest absolute Gasteiger partial charge is 0.396 e. The molecule has 66 valence electrons. The molecule has 12 heavy (non-hydrogen) atoms.